The second-order valence-electron chi connectivity index (χ2n) is 11.0. The Morgan fingerprint density at radius 1 is 1.21 bits per heavy atom. The van der Waals surface area contributed by atoms with Crippen LogP contribution < -0.4 is 4.90 Å². The summed E-state index contributed by atoms with van der Waals surface area (Å²) < 4.78 is 5.49. The topological polar surface area (TPSA) is 77.2 Å². The van der Waals surface area contributed by atoms with Crippen LogP contribution in [-0.4, -0.2) is 66.4 Å². The average molecular weight is 466 g/mol. The quantitative estimate of drug-likeness (QED) is 0.502. The Labute approximate surface area is 202 Å². The summed E-state index contributed by atoms with van der Waals surface area (Å²) in [6, 6.07) is 8.41. The molecule has 1 aliphatic rings. The number of nitrogens with zero attached hydrogens (tertiary/aromatic N) is 3. The van der Waals surface area contributed by atoms with Crippen LogP contribution in [-0.2, 0) is 16.0 Å². The first kappa shape index (κ1) is 24.5. The third-order valence-corrected chi connectivity index (χ3v) is 6.69. The van der Waals surface area contributed by atoms with Crippen molar-refractivity contribution in [3.8, 4) is 11.4 Å². The van der Waals surface area contributed by atoms with Gasteiger partial charge < -0.3 is 19.5 Å². The summed E-state index contributed by atoms with van der Waals surface area (Å²) in [5, 5.41) is 8.92. The molecule has 7 nitrogen and oxygen atoms in total. The number of rotatable bonds is 8. The van der Waals surface area contributed by atoms with E-state index in [1.807, 2.05) is 19.0 Å². The predicted octanol–water partition coefficient (Wildman–Crippen LogP) is 4.78. The van der Waals surface area contributed by atoms with E-state index in [0.717, 1.165) is 59.5 Å². The molecule has 7 heteroatoms. The molecule has 2 N–H and O–H groups in total. The molecule has 0 saturated carbocycles. The van der Waals surface area contributed by atoms with Crippen LogP contribution in [0, 0.1) is 18.3 Å². The Morgan fingerprint density at radius 2 is 2.00 bits per heavy atom. The van der Waals surface area contributed by atoms with Crippen LogP contribution in [0.5, 0.6) is 0 Å². The number of likely N-dealkylation sites (N-methyl/N-ethyl adjacent to an activating group) is 1. The minimum absolute atomic E-state index is 0.0607. The number of anilines is 1. The summed E-state index contributed by atoms with van der Waals surface area (Å²) in [4.78, 5) is 20.9. The lowest BCUT2D eigenvalue weighted by Crippen LogP contribution is -2.40. The average Bonchev–Trinajstić information content (AvgIpc) is 3.50. The van der Waals surface area contributed by atoms with Gasteiger partial charge in [-0.2, -0.15) is 5.10 Å². The van der Waals surface area contributed by atoms with E-state index in [9.17, 15) is 4.79 Å². The van der Waals surface area contributed by atoms with E-state index in [0.29, 0.717) is 19.8 Å². The molecule has 1 amide bonds. The zero-order chi connectivity index (χ0) is 24.5. The van der Waals surface area contributed by atoms with Crippen molar-refractivity contribution in [2.45, 2.75) is 47.0 Å². The molecule has 0 aliphatic carbocycles. The molecular weight excluding hydrogens is 426 g/mol. The zero-order valence-corrected chi connectivity index (χ0v) is 21.5. The fraction of sp³-hybridized carbons (Fsp3) is 0.556. The number of benzene rings is 1. The third kappa shape index (κ3) is 5.53. The van der Waals surface area contributed by atoms with Gasteiger partial charge in [-0.25, -0.2) is 0 Å². The van der Waals surface area contributed by atoms with Crippen LogP contribution in [0.15, 0.2) is 24.3 Å². The summed E-state index contributed by atoms with van der Waals surface area (Å²) in [5.41, 5.74) is 6.59. The maximum Gasteiger partial charge on any atom is 0.232 e. The zero-order valence-electron chi connectivity index (χ0n) is 21.5. The number of aryl methyl sites for hydroxylation is 1. The lowest BCUT2D eigenvalue weighted by molar-refractivity contribution is -0.122. The van der Waals surface area contributed by atoms with Gasteiger partial charge in [0.1, 0.15) is 5.69 Å². The second-order valence-corrected chi connectivity index (χ2v) is 11.0. The number of carbonyl (C=O) groups is 1. The van der Waals surface area contributed by atoms with E-state index in [1.165, 1.54) is 5.56 Å². The molecule has 0 bridgehead atoms. The van der Waals surface area contributed by atoms with Crippen molar-refractivity contribution in [3.63, 3.8) is 0 Å². The first-order valence-corrected chi connectivity index (χ1v) is 12.3. The molecule has 2 aromatic heterocycles. The molecule has 4 rings (SSSR count). The highest BCUT2D eigenvalue weighted by molar-refractivity contribution is 5.98. The maximum atomic E-state index is 13.3. The molecule has 34 heavy (non-hydrogen) atoms. The standard InChI is InChI=1S/C27H39N5O2/c1-18-22(9-11-27(2,3)4)25(30-29-18)24-15-19-7-8-21(16-23(19)28-24)32(13-12-31(5)6)26(33)20-10-14-34-17-20/h7-8,15-16,20,28H,9-14,17H2,1-6H3,(H,29,30). The number of hydrogen-bond donors (Lipinski definition) is 2. The summed E-state index contributed by atoms with van der Waals surface area (Å²) in [6.45, 7) is 11.5. The van der Waals surface area contributed by atoms with Crippen molar-refractivity contribution in [3.05, 3.63) is 35.5 Å². The third-order valence-electron chi connectivity index (χ3n) is 6.69. The second kappa shape index (κ2) is 9.92. The van der Waals surface area contributed by atoms with Gasteiger partial charge in [-0.05, 0) is 63.9 Å². The Bertz CT molecular complexity index is 1130. The van der Waals surface area contributed by atoms with Crippen LogP contribution in [0.3, 0.4) is 0 Å². The van der Waals surface area contributed by atoms with Gasteiger partial charge in [0.25, 0.3) is 0 Å². The van der Waals surface area contributed by atoms with E-state index < -0.39 is 0 Å². The molecule has 3 aromatic rings. The fourth-order valence-electron chi connectivity index (χ4n) is 4.51. The van der Waals surface area contributed by atoms with Crippen molar-refractivity contribution in [2.24, 2.45) is 11.3 Å². The molecule has 3 heterocycles. The van der Waals surface area contributed by atoms with Crippen LogP contribution in [0.2, 0.25) is 0 Å². The van der Waals surface area contributed by atoms with Gasteiger partial charge in [-0.15, -0.1) is 0 Å². The summed E-state index contributed by atoms with van der Waals surface area (Å²) >= 11 is 0. The van der Waals surface area contributed by atoms with Crippen molar-refractivity contribution in [1.82, 2.24) is 20.1 Å². The monoisotopic (exact) mass is 465 g/mol. The number of amides is 1. The number of hydrogen-bond acceptors (Lipinski definition) is 4. The van der Waals surface area contributed by atoms with Gasteiger partial charge in [-0.3, -0.25) is 9.89 Å². The Kier molecular flexibility index (Phi) is 7.14. The van der Waals surface area contributed by atoms with Gasteiger partial charge in [0, 0.05) is 47.5 Å². The number of fused-ring (bicyclic) bond motifs is 1. The van der Waals surface area contributed by atoms with Crippen molar-refractivity contribution in [1.29, 1.82) is 0 Å². The highest BCUT2D eigenvalue weighted by atomic mass is 16.5. The van der Waals surface area contributed by atoms with E-state index in [4.69, 9.17) is 4.74 Å². The first-order chi connectivity index (χ1) is 16.1. The van der Waals surface area contributed by atoms with Gasteiger partial charge in [0.2, 0.25) is 5.91 Å². The number of aromatic amines is 2. The molecule has 0 radical (unpaired) electrons. The molecule has 1 saturated heterocycles. The number of nitrogens with one attached hydrogen (secondary N) is 2. The minimum atomic E-state index is -0.0607. The normalized spacial score (nSPS) is 16.6. The van der Waals surface area contributed by atoms with E-state index in [1.54, 1.807) is 0 Å². The minimum Gasteiger partial charge on any atom is -0.381 e. The lowest BCUT2D eigenvalue weighted by Gasteiger charge is -2.27. The fourth-order valence-corrected chi connectivity index (χ4v) is 4.51. The van der Waals surface area contributed by atoms with Crippen molar-refractivity contribution >= 4 is 22.5 Å². The summed E-state index contributed by atoms with van der Waals surface area (Å²) in [5.74, 6) is 0.0901. The SMILES string of the molecule is Cc1[nH]nc(-c2cc3ccc(N(CCN(C)C)C(=O)C4CCOC4)cc3[nH]2)c1CCC(C)(C)C. The van der Waals surface area contributed by atoms with Gasteiger partial charge in [0.15, 0.2) is 0 Å². The van der Waals surface area contributed by atoms with E-state index in [-0.39, 0.29) is 17.2 Å². The smallest absolute Gasteiger partial charge is 0.232 e. The maximum absolute atomic E-state index is 13.3. The van der Waals surface area contributed by atoms with Crippen LogP contribution in [0.25, 0.3) is 22.3 Å². The largest absolute Gasteiger partial charge is 0.381 e. The molecule has 1 unspecified atom stereocenters. The van der Waals surface area contributed by atoms with Crippen LogP contribution in [0.1, 0.15) is 44.9 Å². The predicted molar refractivity (Wildman–Crippen MR) is 138 cm³/mol. The Balaban J connectivity index is 1.64. The first-order valence-electron chi connectivity index (χ1n) is 12.3. The molecule has 1 atom stereocenters. The van der Waals surface area contributed by atoms with Crippen molar-refractivity contribution < 1.29 is 9.53 Å². The number of carbonyl (C=O) groups excluding carboxylic acids is 1. The van der Waals surface area contributed by atoms with E-state index >= 15 is 0 Å². The van der Waals surface area contributed by atoms with Crippen molar-refractivity contribution in [2.75, 3.05) is 45.3 Å². The highest BCUT2D eigenvalue weighted by Crippen LogP contribution is 2.32. The summed E-state index contributed by atoms with van der Waals surface area (Å²) in [7, 11) is 4.07. The highest BCUT2D eigenvalue weighted by Gasteiger charge is 2.29. The number of H-pyrrole nitrogens is 2. The lowest BCUT2D eigenvalue weighted by atomic mass is 9.88. The molecule has 0 spiro atoms. The molecule has 184 valence electrons. The molecule has 1 fully saturated rings. The van der Waals surface area contributed by atoms with E-state index in [2.05, 4.69) is 72.0 Å². The number of aromatic nitrogens is 3. The molecule has 1 aromatic carbocycles. The number of ether oxygens (including phenoxy) is 1. The van der Waals surface area contributed by atoms with Gasteiger partial charge in [0.05, 0.1) is 18.2 Å². The Hall–Kier alpha value is -2.64. The van der Waals surface area contributed by atoms with Gasteiger partial charge in [-0.1, -0.05) is 26.8 Å². The van der Waals surface area contributed by atoms with Crippen LogP contribution in [0.4, 0.5) is 5.69 Å². The van der Waals surface area contributed by atoms with Gasteiger partial charge >= 0.3 is 0 Å². The van der Waals surface area contributed by atoms with Crippen LogP contribution >= 0.6 is 0 Å². The molecule has 1 aliphatic heterocycles. The Morgan fingerprint density at radius 3 is 2.68 bits per heavy atom. The summed E-state index contributed by atoms with van der Waals surface area (Å²) in [6.07, 6.45) is 2.87. The molecular formula is C27H39N5O2.